The zero-order valence-electron chi connectivity index (χ0n) is 9.10. The summed E-state index contributed by atoms with van der Waals surface area (Å²) in [6.45, 7) is 0.665. The lowest BCUT2D eigenvalue weighted by atomic mass is 10.1. The van der Waals surface area contributed by atoms with Crippen LogP contribution in [0.5, 0.6) is 0 Å². The lowest BCUT2D eigenvalue weighted by molar-refractivity contribution is 0.282. The molecule has 1 aromatic carbocycles. The number of aliphatic hydroxyl groups is 1. The minimum Gasteiger partial charge on any atom is -0.392 e. The largest absolute Gasteiger partial charge is 0.392 e. The number of nitrogens with zero attached hydrogens (tertiary/aromatic N) is 2. The van der Waals surface area contributed by atoms with Crippen LogP contribution in [-0.4, -0.2) is 9.67 Å². The fourth-order valence-electron chi connectivity index (χ4n) is 1.62. The average molecular weight is 247 g/mol. The maximum atomic E-state index is 8.96. The van der Waals surface area contributed by atoms with Crippen molar-refractivity contribution in [2.24, 2.45) is 0 Å². The number of halogens is 1. The van der Waals surface area contributed by atoms with Gasteiger partial charge in [-0.25, -0.2) is 0 Å². The van der Waals surface area contributed by atoms with E-state index in [1.54, 1.807) is 12.1 Å². The molecule has 2 aromatic rings. The molecule has 0 saturated carbocycles. The number of hydrogen-bond acceptors (Lipinski definition) is 2. The number of hydrogen-bond donors (Lipinski definition) is 1. The third kappa shape index (κ3) is 2.68. The van der Waals surface area contributed by atoms with Gasteiger partial charge in [0.2, 0.25) is 0 Å². The summed E-state index contributed by atoms with van der Waals surface area (Å²) < 4.78 is 1.94. The highest BCUT2D eigenvalue weighted by Crippen LogP contribution is 2.19. The highest BCUT2D eigenvalue weighted by Gasteiger charge is 2.03. The van der Waals surface area contributed by atoms with Crippen LogP contribution < -0.4 is 0 Å². The van der Waals surface area contributed by atoms with Gasteiger partial charge in [-0.2, -0.15) is 5.26 Å². The Morgan fingerprint density at radius 3 is 2.76 bits per heavy atom. The molecule has 4 heteroatoms. The van der Waals surface area contributed by atoms with Crippen molar-refractivity contribution in [1.29, 1.82) is 5.26 Å². The minimum absolute atomic E-state index is 0.0358. The molecule has 1 heterocycles. The maximum absolute atomic E-state index is 8.96. The Balaban J connectivity index is 2.21. The summed E-state index contributed by atoms with van der Waals surface area (Å²) in [4.78, 5) is 0. The third-order valence-corrected chi connectivity index (χ3v) is 2.88. The first kappa shape index (κ1) is 11.7. The summed E-state index contributed by atoms with van der Waals surface area (Å²) in [6, 6.07) is 9.16. The Labute approximate surface area is 104 Å². The van der Waals surface area contributed by atoms with Gasteiger partial charge in [0.15, 0.2) is 0 Å². The quantitative estimate of drug-likeness (QED) is 0.905. The summed E-state index contributed by atoms with van der Waals surface area (Å²) in [5, 5.41) is 18.3. The van der Waals surface area contributed by atoms with Gasteiger partial charge >= 0.3 is 0 Å². The van der Waals surface area contributed by atoms with Crippen LogP contribution in [0.3, 0.4) is 0 Å². The molecule has 0 saturated heterocycles. The van der Waals surface area contributed by atoms with Crippen molar-refractivity contribution in [3.05, 3.63) is 58.4 Å². The van der Waals surface area contributed by atoms with Gasteiger partial charge in [-0.1, -0.05) is 17.7 Å². The molecule has 17 heavy (non-hydrogen) atoms. The van der Waals surface area contributed by atoms with Crippen molar-refractivity contribution in [2.45, 2.75) is 13.2 Å². The number of aliphatic hydroxyl groups excluding tert-OH is 1. The van der Waals surface area contributed by atoms with Crippen molar-refractivity contribution < 1.29 is 5.11 Å². The number of nitriles is 1. The van der Waals surface area contributed by atoms with Gasteiger partial charge in [-0.15, -0.1) is 0 Å². The summed E-state index contributed by atoms with van der Waals surface area (Å²) in [5.74, 6) is 0. The first-order valence-corrected chi connectivity index (χ1v) is 5.55. The first-order chi connectivity index (χ1) is 8.22. The van der Waals surface area contributed by atoms with Crippen molar-refractivity contribution in [2.75, 3.05) is 0 Å². The highest BCUT2D eigenvalue weighted by molar-refractivity contribution is 6.31. The van der Waals surface area contributed by atoms with Crippen molar-refractivity contribution in [3.63, 3.8) is 0 Å². The Kier molecular flexibility index (Phi) is 3.48. The van der Waals surface area contributed by atoms with E-state index in [9.17, 15) is 0 Å². The zero-order chi connectivity index (χ0) is 12.3. The van der Waals surface area contributed by atoms with E-state index in [1.165, 1.54) is 0 Å². The topological polar surface area (TPSA) is 49.0 Å². The molecule has 3 nitrogen and oxygen atoms in total. The average Bonchev–Trinajstić information content (AvgIpc) is 2.79. The number of aromatic nitrogens is 1. The van der Waals surface area contributed by atoms with Gasteiger partial charge in [-0.3, -0.25) is 0 Å². The smallest absolute Gasteiger partial charge is 0.0992 e. The molecule has 1 N–H and O–H groups in total. The molecular formula is C13H11ClN2O. The predicted molar refractivity (Wildman–Crippen MR) is 65.6 cm³/mol. The number of benzene rings is 1. The van der Waals surface area contributed by atoms with E-state index in [-0.39, 0.29) is 6.61 Å². The molecule has 1 aromatic heterocycles. The Bertz CT molecular complexity index is 569. The Hall–Kier alpha value is -1.76. The lowest BCUT2D eigenvalue weighted by Gasteiger charge is -2.05. The molecule has 86 valence electrons. The van der Waals surface area contributed by atoms with Crippen LogP contribution in [0.2, 0.25) is 5.02 Å². The molecule has 0 radical (unpaired) electrons. The monoisotopic (exact) mass is 246 g/mol. The van der Waals surface area contributed by atoms with Gasteiger partial charge in [0, 0.05) is 24.0 Å². The Morgan fingerprint density at radius 2 is 2.18 bits per heavy atom. The van der Waals surface area contributed by atoms with E-state index in [0.29, 0.717) is 17.1 Å². The van der Waals surface area contributed by atoms with Gasteiger partial charge in [0.25, 0.3) is 0 Å². The van der Waals surface area contributed by atoms with Crippen LogP contribution in [0.25, 0.3) is 0 Å². The second-order valence-electron chi connectivity index (χ2n) is 3.77. The highest BCUT2D eigenvalue weighted by atomic mass is 35.5. The van der Waals surface area contributed by atoms with E-state index in [1.807, 2.05) is 35.2 Å². The molecule has 0 aliphatic carbocycles. The fraction of sp³-hybridized carbons (Fsp3) is 0.154. The zero-order valence-corrected chi connectivity index (χ0v) is 9.85. The third-order valence-electron chi connectivity index (χ3n) is 2.53. The van der Waals surface area contributed by atoms with Gasteiger partial charge in [0.05, 0.1) is 18.2 Å². The molecule has 0 aliphatic rings. The predicted octanol–water partition coefficient (Wildman–Crippen LogP) is 2.55. The number of rotatable bonds is 3. The van der Waals surface area contributed by atoms with Gasteiger partial charge < -0.3 is 9.67 Å². The fourth-order valence-corrected chi connectivity index (χ4v) is 1.86. The molecule has 0 spiro atoms. The second-order valence-corrected chi connectivity index (χ2v) is 4.18. The molecule has 0 bridgehead atoms. The second kappa shape index (κ2) is 5.05. The van der Waals surface area contributed by atoms with E-state index < -0.39 is 0 Å². The molecule has 0 fully saturated rings. The van der Waals surface area contributed by atoms with Crippen molar-refractivity contribution >= 4 is 11.6 Å². The van der Waals surface area contributed by atoms with Crippen LogP contribution in [0.4, 0.5) is 0 Å². The van der Waals surface area contributed by atoms with Gasteiger partial charge in [0.1, 0.15) is 0 Å². The van der Waals surface area contributed by atoms with E-state index >= 15 is 0 Å². The summed E-state index contributed by atoms with van der Waals surface area (Å²) in [7, 11) is 0. The Morgan fingerprint density at radius 1 is 1.35 bits per heavy atom. The lowest BCUT2D eigenvalue weighted by Crippen LogP contribution is -1.97. The van der Waals surface area contributed by atoms with E-state index in [0.717, 1.165) is 11.1 Å². The normalized spacial score (nSPS) is 10.2. The summed E-state index contributed by atoms with van der Waals surface area (Å²) in [5.41, 5.74) is 2.38. The summed E-state index contributed by atoms with van der Waals surface area (Å²) >= 11 is 6.08. The van der Waals surface area contributed by atoms with Gasteiger partial charge in [-0.05, 0) is 29.3 Å². The molecule has 0 unspecified atom stereocenters. The molecular weight excluding hydrogens is 236 g/mol. The molecule has 0 atom stereocenters. The standard InChI is InChI=1S/C13H11ClN2O/c14-13-5-10(6-15)1-2-12(13)8-16-4-3-11(7-16)9-17/h1-5,7,17H,8-9H2. The van der Waals surface area contributed by atoms with Crippen LogP contribution in [-0.2, 0) is 13.2 Å². The van der Waals surface area contributed by atoms with Crippen molar-refractivity contribution in [1.82, 2.24) is 4.57 Å². The molecule has 2 rings (SSSR count). The van der Waals surface area contributed by atoms with E-state index in [4.69, 9.17) is 22.0 Å². The maximum Gasteiger partial charge on any atom is 0.0992 e. The molecule has 0 amide bonds. The first-order valence-electron chi connectivity index (χ1n) is 5.17. The summed E-state index contributed by atoms with van der Waals surface area (Å²) in [6.07, 6.45) is 3.76. The van der Waals surface area contributed by atoms with Crippen molar-refractivity contribution in [3.8, 4) is 6.07 Å². The molecule has 0 aliphatic heterocycles. The van der Waals surface area contributed by atoms with Crippen LogP contribution in [0, 0.1) is 11.3 Å². The van der Waals surface area contributed by atoms with Crippen LogP contribution in [0.1, 0.15) is 16.7 Å². The van der Waals surface area contributed by atoms with Crippen LogP contribution in [0.15, 0.2) is 36.7 Å². The minimum atomic E-state index is 0.0358. The van der Waals surface area contributed by atoms with E-state index in [2.05, 4.69) is 0 Å². The van der Waals surface area contributed by atoms with Crippen LogP contribution >= 0.6 is 11.6 Å². The SMILES string of the molecule is N#Cc1ccc(Cn2ccc(CO)c2)c(Cl)c1.